The minimum absolute atomic E-state index is 0. The van der Waals surface area contributed by atoms with E-state index in [-0.39, 0.29) is 45.0 Å². The van der Waals surface area contributed by atoms with Crippen LogP contribution in [0.3, 0.4) is 0 Å². The molecule has 178 valence electrons. The fourth-order valence-corrected chi connectivity index (χ4v) is 0. The Balaban J connectivity index is -0.0000000248. The SMILES string of the molecule is CC(O)C(=O)[O-].CC(O)C(=O)[O-].CC(O)C(=O)[O-].CC(O)C(=O)[O-].O.O.[NH4+].[NH4+].[Ti+2]. The fourth-order valence-electron chi connectivity index (χ4n) is 0. The maximum Gasteiger partial charge on any atom is 2.00 e. The van der Waals surface area contributed by atoms with Gasteiger partial charge in [0, 0.05) is 0 Å². The molecule has 17 heteroatoms. The van der Waals surface area contributed by atoms with Crippen LogP contribution in [0.1, 0.15) is 27.7 Å². The number of carboxylic acids is 4. The van der Waals surface area contributed by atoms with Gasteiger partial charge in [-0.3, -0.25) is 0 Å². The zero-order valence-electron chi connectivity index (χ0n) is 16.9. The van der Waals surface area contributed by atoms with Gasteiger partial charge in [0.2, 0.25) is 0 Å². The molecule has 0 aliphatic carbocycles. The maximum atomic E-state index is 9.34. The molecule has 0 saturated carbocycles. The Morgan fingerprint density at radius 1 is 0.517 bits per heavy atom. The van der Waals surface area contributed by atoms with Gasteiger partial charge in [-0.05, 0) is 27.7 Å². The molecule has 0 spiro atoms. The van der Waals surface area contributed by atoms with Gasteiger partial charge in [0.1, 0.15) is 0 Å². The molecule has 4 unspecified atom stereocenters. The van der Waals surface area contributed by atoms with Gasteiger partial charge < -0.3 is 83.3 Å². The summed E-state index contributed by atoms with van der Waals surface area (Å²) in [5, 5.41) is 69.2. The number of rotatable bonds is 4. The molecule has 0 fully saturated rings. The minimum Gasteiger partial charge on any atom is -0.547 e. The fraction of sp³-hybridized carbons (Fsp3) is 0.667. The van der Waals surface area contributed by atoms with E-state index < -0.39 is 48.3 Å². The third kappa shape index (κ3) is 76.0. The van der Waals surface area contributed by atoms with E-state index in [0.717, 1.165) is 27.7 Å². The molecule has 4 atom stereocenters. The molecule has 0 rings (SSSR count). The van der Waals surface area contributed by atoms with Gasteiger partial charge in [-0.25, -0.2) is 0 Å². The van der Waals surface area contributed by atoms with Crippen molar-refractivity contribution in [2.24, 2.45) is 0 Å². The number of aliphatic carboxylic acids is 4. The number of aliphatic hydroxyl groups is 4. The molecule has 0 aromatic heterocycles. The van der Waals surface area contributed by atoms with E-state index in [1.54, 1.807) is 0 Å². The van der Waals surface area contributed by atoms with Crippen LogP contribution < -0.4 is 32.7 Å². The molecular formula is C12H32N2O14Ti. The van der Waals surface area contributed by atoms with E-state index in [4.69, 9.17) is 20.4 Å². The molecule has 16 N–H and O–H groups in total. The number of carboxylic acid groups (broad SMARTS) is 4. The van der Waals surface area contributed by atoms with Crippen LogP contribution in [0, 0.1) is 0 Å². The van der Waals surface area contributed by atoms with Gasteiger partial charge in [0.15, 0.2) is 0 Å². The van der Waals surface area contributed by atoms with Crippen LogP contribution >= 0.6 is 0 Å². The number of carbonyl (C=O) groups is 4. The first-order valence-corrected chi connectivity index (χ1v) is 6.13. The zero-order chi connectivity index (χ0) is 20.6. The van der Waals surface area contributed by atoms with E-state index in [1.165, 1.54) is 0 Å². The summed E-state index contributed by atoms with van der Waals surface area (Å²) in [6.45, 7) is 4.54. The minimum atomic E-state index is -1.44. The molecule has 0 heterocycles. The molecular weight excluding hydrogens is 444 g/mol. The maximum absolute atomic E-state index is 9.34. The topological polar surface area (TPSA) is 377 Å². The molecule has 16 nitrogen and oxygen atoms in total. The Bertz CT molecular complexity index is 319. The summed E-state index contributed by atoms with van der Waals surface area (Å²) < 4.78 is 0. The monoisotopic (exact) mass is 476 g/mol. The largest absolute Gasteiger partial charge is 2.00 e. The van der Waals surface area contributed by atoms with Crippen LogP contribution in [0.15, 0.2) is 0 Å². The third-order valence-electron chi connectivity index (χ3n) is 1.36. The Morgan fingerprint density at radius 3 is 0.552 bits per heavy atom. The summed E-state index contributed by atoms with van der Waals surface area (Å²) in [4.78, 5) is 37.4. The van der Waals surface area contributed by atoms with Gasteiger partial charge in [-0.15, -0.1) is 0 Å². The molecule has 0 aliphatic rings. The zero-order valence-corrected chi connectivity index (χ0v) is 18.4. The van der Waals surface area contributed by atoms with Gasteiger partial charge in [-0.1, -0.05) is 0 Å². The Hall–Kier alpha value is -1.73. The first-order chi connectivity index (χ1) is 10.6. The van der Waals surface area contributed by atoms with E-state index in [1.807, 2.05) is 0 Å². The van der Waals surface area contributed by atoms with Crippen LogP contribution in [-0.4, -0.2) is 79.7 Å². The molecule has 0 aromatic carbocycles. The van der Waals surface area contributed by atoms with Gasteiger partial charge >= 0.3 is 21.7 Å². The van der Waals surface area contributed by atoms with Crippen LogP contribution in [-0.2, 0) is 40.9 Å². The van der Waals surface area contributed by atoms with E-state index in [9.17, 15) is 39.6 Å². The second kappa shape index (κ2) is 33.8. The predicted octanol–water partition coefficient (Wildman–Crippen LogP) is -8.43. The summed E-state index contributed by atoms with van der Waals surface area (Å²) in [5.74, 6) is -5.74. The first kappa shape index (κ1) is 56.4. The summed E-state index contributed by atoms with van der Waals surface area (Å²) >= 11 is 0. The van der Waals surface area contributed by atoms with Crippen molar-refractivity contribution in [3.05, 3.63) is 0 Å². The number of carbonyl (C=O) groups excluding carboxylic acids is 4. The Kier molecular flexibility index (Phi) is 65.8. The average Bonchev–Trinajstić information content (AvgIpc) is 2.40. The Labute approximate surface area is 181 Å². The quantitative estimate of drug-likeness (QED) is 0.206. The van der Waals surface area contributed by atoms with Crippen LogP contribution in [0.5, 0.6) is 0 Å². The second-order valence-corrected chi connectivity index (χ2v) is 3.98. The summed E-state index contributed by atoms with van der Waals surface area (Å²) in [7, 11) is 0. The number of hydrogen-bond donors (Lipinski definition) is 6. The first-order valence-electron chi connectivity index (χ1n) is 6.13. The predicted molar refractivity (Wildman–Crippen MR) is 85.9 cm³/mol. The van der Waals surface area contributed by atoms with Crippen molar-refractivity contribution >= 4 is 23.9 Å². The Morgan fingerprint density at radius 2 is 0.552 bits per heavy atom. The van der Waals surface area contributed by atoms with Crippen LogP contribution in [0.4, 0.5) is 0 Å². The van der Waals surface area contributed by atoms with E-state index >= 15 is 0 Å². The normalized spacial score (nSPS) is 11.3. The number of hydrogen-bond acceptors (Lipinski definition) is 12. The van der Waals surface area contributed by atoms with E-state index in [2.05, 4.69) is 0 Å². The average molecular weight is 476 g/mol. The van der Waals surface area contributed by atoms with Crippen LogP contribution in [0.25, 0.3) is 0 Å². The summed E-state index contributed by atoms with van der Waals surface area (Å²) in [6, 6.07) is 0. The third-order valence-corrected chi connectivity index (χ3v) is 1.36. The number of aliphatic hydroxyl groups excluding tert-OH is 4. The molecule has 0 saturated heterocycles. The van der Waals surface area contributed by atoms with E-state index in [0.29, 0.717) is 0 Å². The smallest absolute Gasteiger partial charge is 0.547 e. The van der Waals surface area contributed by atoms with Crippen molar-refractivity contribution in [1.82, 2.24) is 12.3 Å². The van der Waals surface area contributed by atoms with Crippen molar-refractivity contribution in [1.29, 1.82) is 0 Å². The second-order valence-electron chi connectivity index (χ2n) is 3.98. The van der Waals surface area contributed by atoms with Crippen molar-refractivity contribution in [2.45, 2.75) is 52.1 Å². The van der Waals surface area contributed by atoms with Gasteiger partial charge in [-0.2, -0.15) is 0 Å². The molecule has 29 heavy (non-hydrogen) atoms. The molecule has 0 aliphatic heterocycles. The standard InChI is InChI=1S/4C3H6O3.2H3N.2H2O.Ti/c4*1-2(4)3(5)6;;;;;/h4*2,4H,1H3,(H,5,6);2*1H3;2*1H2;/q;;;;;;;;+2/p-2. The van der Waals surface area contributed by atoms with Crippen molar-refractivity contribution < 1.29 is 92.7 Å². The van der Waals surface area contributed by atoms with Crippen molar-refractivity contribution in [3.63, 3.8) is 0 Å². The molecule has 0 aromatic rings. The van der Waals surface area contributed by atoms with Crippen molar-refractivity contribution in [2.75, 3.05) is 0 Å². The molecule has 0 amide bonds. The summed E-state index contributed by atoms with van der Waals surface area (Å²) in [5.41, 5.74) is 0. The van der Waals surface area contributed by atoms with Gasteiger partial charge in [0.25, 0.3) is 0 Å². The molecule has 0 bridgehead atoms. The number of quaternary nitrogens is 2. The van der Waals surface area contributed by atoms with Crippen LogP contribution in [0.2, 0.25) is 0 Å². The molecule has 0 radical (unpaired) electrons. The van der Waals surface area contributed by atoms with Crippen molar-refractivity contribution in [3.8, 4) is 0 Å². The van der Waals surface area contributed by atoms with Gasteiger partial charge in [0.05, 0.1) is 48.3 Å². The summed E-state index contributed by atoms with van der Waals surface area (Å²) in [6.07, 6.45) is -5.37.